The molecule has 0 radical (unpaired) electrons. The van der Waals surface area contributed by atoms with Gasteiger partial charge in [-0.15, -0.1) is 0 Å². The SMILES string of the molecule is CCCNc1cncc(C(=O)NCCOC)n1. The van der Waals surface area contributed by atoms with E-state index in [2.05, 4.69) is 27.5 Å². The van der Waals surface area contributed by atoms with Crippen molar-refractivity contribution < 1.29 is 9.53 Å². The van der Waals surface area contributed by atoms with Crippen LogP contribution in [-0.4, -0.2) is 42.7 Å². The number of anilines is 1. The van der Waals surface area contributed by atoms with Crippen molar-refractivity contribution in [2.24, 2.45) is 0 Å². The second kappa shape index (κ2) is 7.56. The first-order chi connectivity index (χ1) is 8.27. The normalized spacial score (nSPS) is 10.0. The zero-order valence-electron chi connectivity index (χ0n) is 10.2. The number of carbonyl (C=O) groups excluding carboxylic acids is 1. The van der Waals surface area contributed by atoms with Crippen LogP contribution in [0.5, 0.6) is 0 Å². The maximum Gasteiger partial charge on any atom is 0.271 e. The molecule has 0 fully saturated rings. The number of carbonyl (C=O) groups is 1. The summed E-state index contributed by atoms with van der Waals surface area (Å²) >= 11 is 0. The van der Waals surface area contributed by atoms with E-state index >= 15 is 0 Å². The second-order valence-electron chi connectivity index (χ2n) is 3.47. The first-order valence-electron chi connectivity index (χ1n) is 5.61. The van der Waals surface area contributed by atoms with Crippen molar-refractivity contribution >= 4 is 11.7 Å². The molecule has 1 aromatic heterocycles. The minimum absolute atomic E-state index is 0.241. The smallest absolute Gasteiger partial charge is 0.271 e. The van der Waals surface area contributed by atoms with E-state index in [9.17, 15) is 4.79 Å². The zero-order valence-corrected chi connectivity index (χ0v) is 10.2. The van der Waals surface area contributed by atoms with Crippen molar-refractivity contribution in [2.75, 3.05) is 32.1 Å². The Morgan fingerprint density at radius 3 is 2.94 bits per heavy atom. The van der Waals surface area contributed by atoms with Gasteiger partial charge in [-0.1, -0.05) is 6.92 Å². The molecule has 0 spiro atoms. The quantitative estimate of drug-likeness (QED) is 0.683. The summed E-state index contributed by atoms with van der Waals surface area (Å²) in [6.45, 7) is 3.81. The Labute approximate surface area is 101 Å². The molecule has 0 bridgehead atoms. The molecule has 6 nitrogen and oxygen atoms in total. The third-order valence-electron chi connectivity index (χ3n) is 2.02. The highest BCUT2D eigenvalue weighted by Gasteiger charge is 2.07. The summed E-state index contributed by atoms with van der Waals surface area (Å²) in [5, 5.41) is 5.77. The molecule has 6 heteroatoms. The number of hydrogen-bond donors (Lipinski definition) is 2. The molecule has 0 aromatic carbocycles. The third kappa shape index (κ3) is 4.78. The number of rotatable bonds is 7. The number of methoxy groups -OCH3 is 1. The van der Waals surface area contributed by atoms with Gasteiger partial charge in [0.2, 0.25) is 0 Å². The minimum Gasteiger partial charge on any atom is -0.383 e. The van der Waals surface area contributed by atoms with Crippen LogP contribution in [0.25, 0.3) is 0 Å². The molecule has 0 aliphatic rings. The first kappa shape index (κ1) is 13.4. The van der Waals surface area contributed by atoms with Crippen LogP contribution in [0, 0.1) is 0 Å². The summed E-state index contributed by atoms with van der Waals surface area (Å²) in [5.41, 5.74) is 0.308. The Morgan fingerprint density at radius 1 is 1.41 bits per heavy atom. The van der Waals surface area contributed by atoms with Crippen LogP contribution in [-0.2, 0) is 4.74 Å². The lowest BCUT2D eigenvalue weighted by Crippen LogP contribution is -2.28. The van der Waals surface area contributed by atoms with Crippen LogP contribution in [0.4, 0.5) is 5.82 Å². The lowest BCUT2D eigenvalue weighted by molar-refractivity contribution is 0.0932. The molecular formula is C11H18N4O2. The average molecular weight is 238 g/mol. The Balaban J connectivity index is 2.54. The molecule has 0 saturated heterocycles. The Morgan fingerprint density at radius 2 is 2.24 bits per heavy atom. The van der Waals surface area contributed by atoms with Crippen molar-refractivity contribution in [3.63, 3.8) is 0 Å². The van der Waals surface area contributed by atoms with Crippen molar-refractivity contribution in [3.8, 4) is 0 Å². The zero-order chi connectivity index (χ0) is 12.5. The summed E-state index contributed by atoms with van der Waals surface area (Å²) in [6.07, 6.45) is 4.03. The van der Waals surface area contributed by atoms with Gasteiger partial charge < -0.3 is 15.4 Å². The standard InChI is InChI=1S/C11H18N4O2/c1-3-4-13-10-8-12-7-9(15-10)11(16)14-5-6-17-2/h7-8H,3-6H2,1-2H3,(H,13,15)(H,14,16). The topological polar surface area (TPSA) is 76.1 Å². The van der Waals surface area contributed by atoms with Crippen molar-refractivity contribution in [3.05, 3.63) is 18.1 Å². The lowest BCUT2D eigenvalue weighted by Gasteiger charge is -2.06. The van der Waals surface area contributed by atoms with Gasteiger partial charge in [0, 0.05) is 20.2 Å². The fourth-order valence-electron chi connectivity index (χ4n) is 1.17. The number of hydrogen-bond acceptors (Lipinski definition) is 5. The summed E-state index contributed by atoms with van der Waals surface area (Å²) in [4.78, 5) is 19.8. The lowest BCUT2D eigenvalue weighted by atomic mass is 10.4. The van der Waals surface area contributed by atoms with Crippen LogP contribution in [0.1, 0.15) is 23.8 Å². The van der Waals surface area contributed by atoms with Crippen LogP contribution < -0.4 is 10.6 Å². The molecular weight excluding hydrogens is 220 g/mol. The molecule has 0 aliphatic carbocycles. The molecule has 1 rings (SSSR count). The van der Waals surface area contributed by atoms with Gasteiger partial charge in [-0.05, 0) is 6.42 Å². The predicted octanol–water partition coefficient (Wildman–Crippen LogP) is 0.675. The first-order valence-corrected chi connectivity index (χ1v) is 5.61. The van der Waals surface area contributed by atoms with Gasteiger partial charge in [-0.2, -0.15) is 0 Å². The molecule has 2 N–H and O–H groups in total. The third-order valence-corrected chi connectivity index (χ3v) is 2.02. The molecule has 0 unspecified atom stereocenters. The Hall–Kier alpha value is -1.69. The minimum atomic E-state index is -0.241. The van der Waals surface area contributed by atoms with Crippen LogP contribution in [0.3, 0.4) is 0 Å². The monoisotopic (exact) mass is 238 g/mol. The van der Waals surface area contributed by atoms with Crippen LogP contribution >= 0.6 is 0 Å². The van der Waals surface area contributed by atoms with E-state index in [4.69, 9.17) is 4.74 Å². The molecule has 0 atom stereocenters. The molecule has 1 aromatic rings. The summed E-state index contributed by atoms with van der Waals surface area (Å²) in [6, 6.07) is 0. The predicted molar refractivity (Wildman–Crippen MR) is 65.0 cm³/mol. The van der Waals surface area contributed by atoms with Gasteiger partial charge in [0.25, 0.3) is 5.91 Å². The highest BCUT2D eigenvalue weighted by molar-refractivity contribution is 5.92. The maximum atomic E-state index is 11.6. The molecule has 1 amide bonds. The van der Waals surface area contributed by atoms with Gasteiger partial charge in [0.05, 0.1) is 19.0 Å². The van der Waals surface area contributed by atoms with E-state index in [1.54, 1.807) is 13.3 Å². The summed E-state index contributed by atoms with van der Waals surface area (Å²) in [5.74, 6) is 0.376. The number of amides is 1. The van der Waals surface area contributed by atoms with E-state index in [0.717, 1.165) is 13.0 Å². The molecule has 1 heterocycles. The number of nitrogens with zero attached hydrogens (tertiary/aromatic N) is 2. The molecule has 0 saturated carbocycles. The van der Waals surface area contributed by atoms with Crippen LogP contribution in [0.15, 0.2) is 12.4 Å². The van der Waals surface area contributed by atoms with E-state index in [-0.39, 0.29) is 5.91 Å². The van der Waals surface area contributed by atoms with E-state index < -0.39 is 0 Å². The number of aromatic nitrogens is 2. The van der Waals surface area contributed by atoms with E-state index in [1.165, 1.54) is 6.20 Å². The summed E-state index contributed by atoms with van der Waals surface area (Å²) < 4.78 is 4.84. The average Bonchev–Trinajstić information content (AvgIpc) is 2.37. The fraction of sp³-hybridized carbons (Fsp3) is 0.545. The Kier molecular flexibility index (Phi) is 5.95. The van der Waals surface area contributed by atoms with Gasteiger partial charge >= 0.3 is 0 Å². The van der Waals surface area contributed by atoms with Gasteiger partial charge in [0.15, 0.2) is 0 Å². The molecule has 0 aliphatic heterocycles. The largest absolute Gasteiger partial charge is 0.383 e. The molecule has 17 heavy (non-hydrogen) atoms. The number of nitrogens with one attached hydrogen (secondary N) is 2. The number of ether oxygens (including phenoxy) is 1. The maximum absolute atomic E-state index is 11.6. The van der Waals surface area contributed by atoms with E-state index in [0.29, 0.717) is 24.7 Å². The van der Waals surface area contributed by atoms with E-state index in [1.807, 2.05) is 0 Å². The highest BCUT2D eigenvalue weighted by atomic mass is 16.5. The fourth-order valence-corrected chi connectivity index (χ4v) is 1.17. The highest BCUT2D eigenvalue weighted by Crippen LogP contribution is 2.01. The van der Waals surface area contributed by atoms with Crippen molar-refractivity contribution in [1.29, 1.82) is 0 Å². The van der Waals surface area contributed by atoms with Crippen LogP contribution in [0.2, 0.25) is 0 Å². The summed E-state index contributed by atoms with van der Waals surface area (Å²) in [7, 11) is 1.58. The van der Waals surface area contributed by atoms with Gasteiger partial charge in [-0.3, -0.25) is 9.78 Å². The van der Waals surface area contributed by atoms with Crippen molar-refractivity contribution in [2.45, 2.75) is 13.3 Å². The Bertz CT molecular complexity index is 357. The van der Waals surface area contributed by atoms with Crippen molar-refractivity contribution in [1.82, 2.24) is 15.3 Å². The second-order valence-corrected chi connectivity index (χ2v) is 3.47. The van der Waals surface area contributed by atoms with Gasteiger partial charge in [-0.25, -0.2) is 4.98 Å². The molecule has 94 valence electrons. The van der Waals surface area contributed by atoms with Gasteiger partial charge in [0.1, 0.15) is 11.5 Å².